The highest BCUT2D eigenvalue weighted by molar-refractivity contribution is 5.32. The van der Waals surface area contributed by atoms with Gasteiger partial charge in [-0.15, -0.1) is 0 Å². The van der Waals surface area contributed by atoms with Crippen LogP contribution in [0, 0.1) is 11.3 Å². The van der Waals surface area contributed by atoms with Crippen LogP contribution in [0.5, 0.6) is 5.75 Å². The first-order chi connectivity index (χ1) is 8.31. The molecule has 0 aliphatic carbocycles. The molecular weight excluding hydrogens is 214 g/mol. The Hall–Kier alpha value is -2.41. The Kier molecular flexibility index (Phi) is 3.31. The highest BCUT2D eigenvalue weighted by Crippen LogP contribution is 2.15. The largest absolute Gasteiger partial charge is 0.497 e. The lowest BCUT2D eigenvalue weighted by atomic mass is 10.1. The third-order valence-corrected chi connectivity index (χ3v) is 2.36. The second-order valence-electron chi connectivity index (χ2n) is 3.53. The third-order valence-electron chi connectivity index (χ3n) is 2.36. The van der Waals surface area contributed by atoms with Crippen LogP contribution in [0.3, 0.4) is 0 Å². The lowest BCUT2D eigenvalue weighted by Gasteiger charge is -2.04. The molecule has 0 atom stereocenters. The fraction of sp³-hybridized carbons (Fsp3) is 0.154. The predicted octanol–water partition coefficient (Wildman–Crippen LogP) is 1.95. The summed E-state index contributed by atoms with van der Waals surface area (Å²) in [6.07, 6.45) is 2.07. The van der Waals surface area contributed by atoms with E-state index in [4.69, 9.17) is 10.00 Å². The second-order valence-corrected chi connectivity index (χ2v) is 3.53. The Morgan fingerprint density at radius 1 is 1.29 bits per heavy atom. The van der Waals surface area contributed by atoms with Crippen LogP contribution in [0.1, 0.15) is 17.0 Å². The molecule has 0 saturated heterocycles. The first kappa shape index (κ1) is 11.1. The molecule has 1 heterocycles. The predicted molar refractivity (Wildman–Crippen MR) is 62.5 cm³/mol. The molecule has 0 saturated carbocycles. The Morgan fingerprint density at radius 3 is 2.94 bits per heavy atom. The van der Waals surface area contributed by atoms with E-state index in [0.717, 1.165) is 17.0 Å². The van der Waals surface area contributed by atoms with Gasteiger partial charge in [-0.25, -0.2) is 9.97 Å². The summed E-state index contributed by atoms with van der Waals surface area (Å²) in [6.45, 7) is 0. The molecule has 1 aromatic heterocycles. The normalized spacial score (nSPS) is 9.65. The fourth-order valence-electron chi connectivity index (χ4n) is 1.55. The van der Waals surface area contributed by atoms with E-state index in [2.05, 4.69) is 9.97 Å². The van der Waals surface area contributed by atoms with Crippen molar-refractivity contribution in [2.45, 2.75) is 6.42 Å². The molecule has 4 heteroatoms. The van der Waals surface area contributed by atoms with Crippen LogP contribution in [0.2, 0.25) is 0 Å². The van der Waals surface area contributed by atoms with E-state index in [1.54, 1.807) is 13.2 Å². The number of nitrogens with zero attached hydrogens (tertiary/aromatic N) is 3. The summed E-state index contributed by atoms with van der Waals surface area (Å²) >= 11 is 0. The number of hydrogen-bond donors (Lipinski definition) is 0. The van der Waals surface area contributed by atoms with Crippen LogP contribution in [-0.2, 0) is 6.42 Å². The molecule has 0 N–H and O–H groups in total. The zero-order valence-electron chi connectivity index (χ0n) is 9.42. The van der Waals surface area contributed by atoms with Gasteiger partial charge in [-0.3, -0.25) is 0 Å². The molecule has 2 rings (SSSR count). The van der Waals surface area contributed by atoms with Gasteiger partial charge in [0.25, 0.3) is 0 Å². The Morgan fingerprint density at radius 2 is 2.18 bits per heavy atom. The first-order valence-electron chi connectivity index (χ1n) is 5.16. The summed E-state index contributed by atoms with van der Waals surface area (Å²) in [5, 5.41) is 8.75. The van der Waals surface area contributed by atoms with Gasteiger partial charge < -0.3 is 4.74 Å². The van der Waals surface area contributed by atoms with Gasteiger partial charge in [0.1, 0.15) is 23.8 Å². The van der Waals surface area contributed by atoms with Crippen LogP contribution in [0.25, 0.3) is 0 Å². The van der Waals surface area contributed by atoms with Gasteiger partial charge in [0.05, 0.1) is 7.11 Å². The van der Waals surface area contributed by atoms with Gasteiger partial charge in [0, 0.05) is 12.1 Å². The molecule has 0 fully saturated rings. The van der Waals surface area contributed by atoms with Crippen molar-refractivity contribution in [2.24, 2.45) is 0 Å². The fourth-order valence-corrected chi connectivity index (χ4v) is 1.55. The zero-order valence-corrected chi connectivity index (χ0v) is 9.42. The Balaban J connectivity index is 2.22. The maximum atomic E-state index is 8.75. The maximum Gasteiger partial charge on any atom is 0.144 e. The zero-order chi connectivity index (χ0) is 12.1. The lowest BCUT2D eigenvalue weighted by molar-refractivity contribution is 0.414. The average Bonchev–Trinajstić information content (AvgIpc) is 2.39. The summed E-state index contributed by atoms with van der Waals surface area (Å²) in [5.74, 6) is 0.817. The van der Waals surface area contributed by atoms with Crippen molar-refractivity contribution in [2.75, 3.05) is 7.11 Å². The summed E-state index contributed by atoms with van der Waals surface area (Å²) in [4.78, 5) is 7.97. The molecule has 0 spiro atoms. The summed E-state index contributed by atoms with van der Waals surface area (Å²) in [5.41, 5.74) is 2.30. The van der Waals surface area contributed by atoms with Crippen molar-refractivity contribution < 1.29 is 4.74 Å². The van der Waals surface area contributed by atoms with Crippen LogP contribution >= 0.6 is 0 Å². The lowest BCUT2D eigenvalue weighted by Crippen LogP contribution is -1.95. The van der Waals surface area contributed by atoms with E-state index < -0.39 is 0 Å². The minimum atomic E-state index is 0.387. The van der Waals surface area contributed by atoms with Gasteiger partial charge in [-0.1, -0.05) is 12.1 Å². The number of hydrogen-bond acceptors (Lipinski definition) is 4. The molecule has 1 aromatic carbocycles. The van der Waals surface area contributed by atoms with E-state index in [-0.39, 0.29) is 0 Å². The van der Waals surface area contributed by atoms with Gasteiger partial charge in [0.15, 0.2) is 0 Å². The number of rotatable bonds is 3. The highest BCUT2D eigenvalue weighted by Gasteiger charge is 2.01. The highest BCUT2D eigenvalue weighted by atomic mass is 16.5. The standard InChI is InChI=1S/C13H11N3O/c1-17-13-4-2-3-10(6-13)5-11-7-12(8-14)16-9-15-11/h2-4,6-7,9H,5H2,1H3. The Bertz CT molecular complexity index is 561. The summed E-state index contributed by atoms with van der Waals surface area (Å²) in [6, 6.07) is 11.5. The number of aromatic nitrogens is 2. The second kappa shape index (κ2) is 5.08. The quantitative estimate of drug-likeness (QED) is 0.801. The minimum absolute atomic E-state index is 0.387. The molecule has 2 aromatic rings. The van der Waals surface area contributed by atoms with Crippen molar-refractivity contribution >= 4 is 0 Å². The average molecular weight is 225 g/mol. The van der Waals surface area contributed by atoms with Crippen LogP contribution in [0.4, 0.5) is 0 Å². The summed E-state index contributed by atoms with van der Waals surface area (Å²) < 4.78 is 5.15. The van der Waals surface area contributed by atoms with Gasteiger partial charge >= 0.3 is 0 Å². The molecular formula is C13H11N3O. The molecule has 17 heavy (non-hydrogen) atoms. The Labute approximate surface area is 99.5 Å². The van der Waals surface area contributed by atoms with Crippen molar-refractivity contribution in [1.29, 1.82) is 5.26 Å². The molecule has 84 valence electrons. The number of nitriles is 1. The molecule has 0 bridgehead atoms. The van der Waals surface area contributed by atoms with Crippen molar-refractivity contribution in [3.05, 3.63) is 53.6 Å². The molecule has 0 radical (unpaired) electrons. The smallest absolute Gasteiger partial charge is 0.144 e. The van der Waals surface area contributed by atoms with E-state index in [1.165, 1.54) is 6.33 Å². The van der Waals surface area contributed by atoms with Gasteiger partial charge in [-0.2, -0.15) is 5.26 Å². The molecule has 0 aliphatic rings. The molecule has 0 aliphatic heterocycles. The topological polar surface area (TPSA) is 58.8 Å². The van der Waals surface area contributed by atoms with E-state index in [9.17, 15) is 0 Å². The number of benzene rings is 1. The molecule has 0 amide bonds. The van der Waals surface area contributed by atoms with Gasteiger partial charge in [-0.05, 0) is 23.8 Å². The van der Waals surface area contributed by atoms with Gasteiger partial charge in [0.2, 0.25) is 0 Å². The molecule has 4 nitrogen and oxygen atoms in total. The van der Waals surface area contributed by atoms with E-state index in [1.807, 2.05) is 30.3 Å². The number of methoxy groups -OCH3 is 1. The summed E-state index contributed by atoms with van der Waals surface area (Å²) in [7, 11) is 1.64. The van der Waals surface area contributed by atoms with Crippen LogP contribution < -0.4 is 4.74 Å². The van der Waals surface area contributed by atoms with Crippen LogP contribution in [0.15, 0.2) is 36.7 Å². The maximum absolute atomic E-state index is 8.75. The number of ether oxygens (including phenoxy) is 1. The minimum Gasteiger partial charge on any atom is -0.497 e. The SMILES string of the molecule is COc1cccc(Cc2cc(C#N)ncn2)c1. The van der Waals surface area contributed by atoms with Crippen molar-refractivity contribution in [1.82, 2.24) is 9.97 Å². The van der Waals surface area contributed by atoms with E-state index in [0.29, 0.717) is 12.1 Å². The van der Waals surface area contributed by atoms with Crippen molar-refractivity contribution in [3.8, 4) is 11.8 Å². The van der Waals surface area contributed by atoms with Crippen LogP contribution in [-0.4, -0.2) is 17.1 Å². The first-order valence-corrected chi connectivity index (χ1v) is 5.16. The monoisotopic (exact) mass is 225 g/mol. The van der Waals surface area contributed by atoms with Crippen molar-refractivity contribution in [3.63, 3.8) is 0 Å². The third kappa shape index (κ3) is 2.79. The van der Waals surface area contributed by atoms with E-state index >= 15 is 0 Å². The molecule has 0 unspecified atom stereocenters.